The zero-order valence-corrected chi connectivity index (χ0v) is 15.1. The molecule has 0 saturated carbocycles. The summed E-state index contributed by atoms with van der Waals surface area (Å²) < 4.78 is 1.08. The van der Waals surface area contributed by atoms with Crippen LogP contribution in [0.4, 0.5) is 0 Å². The van der Waals surface area contributed by atoms with Crippen LogP contribution in [-0.4, -0.2) is 15.2 Å². The summed E-state index contributed by atoms with van der Waals surface area (Å²) in [6, 6.07) is 18.5. The van der Waals surface area contributed by atoms with E-state index < -0.39 is 0 Å². The molecule has 0 spiro atoms. The van der Waals surface area contributed by atoms with Crippen LogP contribution in [-0.2, 0) is 5.41 Å². The molecule has 1 heterocycles. The number of nitrogens with one attached hydrogen (secondary N) is 1. The maximum atomic E-state index is 4.79. The van der Waals surface area contributed by atoms with Gasteiger partial charge in [-0.1, -0.05) is 72.2 Å². The van der Waals surface area contributed by atoms with E-state index in [0.29, 0.717) is 5.92 Å². The van der Waals surface area contributed by atoms with Gasteiger partial charge >= 0.3 is 0 Å². The number of hydrogen-bond acceptors (Lipinski definition) is 2. The number of nitrogens with zero attached hydrogens (tertiary/aromatic N) is 2. The predicted molar refractivity (Wildman–Crippen MR) is 97.3 cm³/mol. The van der Waals surface area contributed by atoms with Crippen molar-refractivity contribution >= 4 is 15.9 Å². The fourth-order valence-corrected chi connectivity index (χ4v) is 3.01. The Bertz CT molecular complexity index is 778. The molecule has 1 N–H and O–H groups in total. The molecule has 3 aromatic rings. The zero-order valence-electron chi connectivity index (χ0n) is 13.5. The van der Waals surface area contributed by atoms with Crippen LogP contribution in [0, 0.1) is 5.92 Å². The highest BCUT2D eigenvalue weighted by molar-refractivity contribution is 9.10. The molecule has 1 atom stereocenters. The minimum Gasteiger partial charge on any atom is -0.262 e. The van der Waals surface area contributed by atoms with Gasteiger partial charge in [0.05, 0.1) is 5.41 Å². The Morgan fingerprint density at radius 3 is 2.26 bits per heavy atom. The van der Waals surface area contributed by atoms with Crippen LogP contribution in [0.5, 0.6) is 0 Å². The van der Waals surface area contributed by atoms with Crippen LogP contribution in [0.1, 0.15) is 32.2 Å². The van der Waals surface area contributed by atoms with Crippen molar-refractivity contribution in [3.05, 3.63) is 70.5 Å². The Hall–Kier alpha value is -1.94. The molecule has 0 aliphatic carbocycles. The van der Waals surface area contributed by atoms with Gasteiger partial charge in [0.2, 0.25) is 0 Å². The molecule has 3 nitrogen and oxygen atoms in total. The summed E-state index contributed by atoms with van der Waals surface area (Å²) in [5.74, 6) is 2.01. The number of aromatic nitrogens is 3. The second-order valence-corrected chi connectivity index (χ2v) is 7.15. The zero-order chi connectivity index (χ0) is 16.4. The first-order valence-electron chi connectivity index (χ1n) is 7.76. The van der Waals surface area contributed by atoms with E-state index >= 15 is 0 Å². The van der Waals surface area contributed by atoms with E-state index in [2.05, 4.69) is 71.2 Å². The minimum absolute atomic E-state index is 0.221. The molecule has 1 unspecified atom stereocenters. The predicted octanol–water partition coefficient (Wildman–Crippen LogP) is 5.20. The second-order valence-electron chi connectivity index (χ2n) is 6.24. The second kappa shape index (κ2) is 6.28. The number of hydrogen-bond donors (Lipinski definition) is 1. The van der Waals surface area contributed by atoms with Gasteiger partial charge in [0.15, 0.2) is 5.82 Å². The van der Waals surface area contributed by atoms with Crippen molar-refractivity contribution in [1.82, 2.24) is 15.2 Å². The van der Waals surface area contributed by atoms with Gasteiger partial charge in [0.1, 0.15) is 5.82 Å². The van der Waals surface area contributed by atoms with Crippen LogP contribution in [0.3, 0.4) is 0 Å². The average molecular weight is 370 g/mol. The fourth-order valence-electron chi connectivity index (χ4n) is 2.75. The van der Waals surface area contributed by atoms with E-state index in [4.69, 9.17) is 4.98 Å². The summed E-state index contributed by atoms with van der Waals surface area (Å²) in [7, 11) is 0. The molecule has 0 amide bonds. The van der Waals surface area contributed by atoms with Crippen molar-refractivity contribution in [2.24, 2.45) is 5.92 Å². The van der Waals surface area contributed by atoms with Crippen LogP contribution in [0.25, 0.3) is 11.4 Å². The SMILES string of the molecule is CC(C)C(C)(c1ccc(Br)cc1)c1nc(-c2ccccc2)n[nH]1. The van der Waals surface area contributed by atoms with Crippen molar-refractivity contribution in [3.8, 4) is 11.4 Å². The largest absolute Gasteiger partial charge is 0.262 e. The Labute approximate surface area is 145 Å². The molecule has 0 radical (unpaired) electrons. The monoisotopic (exact) mass is 369 g/mol. The molecular formula is C19H20BrN3. The first kappa shape index (κ1) is 15.9. The molecule has 0 saturated heterocycles. The summed E-state index contributed by atoms with van der Waals surface area (Å²) in [5.41, 5.74) is 2.03. The van der Waals surface area contributed by atoms with Gasteiger partial charge in [-0.25, -0.2) is 4.98 Å². The molecule has 2 aromatic carbocycles. The third kappa shape index (κ3) is 2.95. The molecule has 23 heavy (non-hydrogen) atoms. The number of aromatic amines is 1. The highest BCUT2D eigenvalue weighted by atomic mass is 79.9. The molecule has 118 valence electrons. The van der Waals surface area contributed by atoms with Crippen molar-refractivity contribution in [2.45, 2.75) is 26.2 Å². The van der Waals surface area contributed by atoms with Crippen molar-refractivity contribution < 1.29 is 0 Å². The van der Waals surface area contributed by atoms with Crippen molar-refractivity contribution in [2.75, 3.05) is 0 Å². The Morgan fingerprint density at radius 2 is 1.65 bits per heavy atom. The molecule has 3 rings (SSSR count). The van der Waals surface area contributed by atoms with Gasteiger partial charge in [-0.05, 0) is 30.5 Å². The quantitative estimate of drug-likeness (QED) is 0.686. The van der Waals surface area contributed by atoms with Gasteiger partial charge in [-0.3, -0.25) is 5.10 Å². The molecule has 0 aliphatic heterocycles. The molecule has 0 bridgehead atoms. The first-order valence-corrected chi connectivity index (χ1v) is 8.55. The van der Waals surface area contributed by atoms with E-state index in [9.17, 15) is 0 Å². The topological polar surface area (TPSA) is 41.6 Å². The lowest BCUT2D eigenvalue weighted by Gasteiger charge is -2.32. The third-order valence-electron chi connectivity index (χ3n) is 4.61. The number of rotatable bonds is 4. The van der Waals surface area contributed by atoms with Crippen LogP contribution in [0.2, 0.25) is 0 Å². The highest BCUT2D eigenvalue weighted by Gasteiger charge is 2.36. The molecule has 0 aliphatic rings. The number of halogens is 1. The van der Waals surface area contributed by atoms with Gasteiger partial charge in [0.25, 0.3) is 0 Å². The van der Waals surface area contributed by atoms with Crippen LogP contribution in [0.15, 0.2) is 59.1 Å². The normalized spacial score (nSPS) is 14.0. The molecular weight excluding hydrogens is 350 g/mol. The summed E-state index contributed by atoms with van der Waals surface area (Å²) in [5, 5.41) is 7.60. The standard InChI is InChI=1S/C19H20BrN3/c1-13(2)19(3,15-9-11-16(20)12-10-15)18-21-17(22-23-18)14-7-5-4-6-8-14/h4-13H,1-3H3,(H,21,22,23). The average Bonchev–Trinajstić information content (AvgIpc) is 3.06. The van der Waals surface area contributed by atoms with Gasteiger partial charge in [0, 0.05) is 10.0 Å². The van der Waals surface area contributed by atoms with Crippen LogP contribution >= 0.6 is 15.9 Å². The summed E-state index contributed by atoms with van der Waals surface area (Å²) in [4.78, 5) is 4.79. The van der Waals surface area contributed by atoms with Crippen LogP contribution < -0.4 is 0 Å². The van der Waals surface area contributed by atoms with Gasteiger partial charge in [-0.15, -0.1) is 0 Å². The van der Waals surface area contributed by atoms with E-state index in [-0.39, 0.29) is 5.41 Å². The minimum atomic E-state index is -0.221. The lowest BCUT2D eigenvalue weighted by molar-refractivity contribution is 0.385. The van der Waals surface area contributed by atoms with E-state index in [1.165, 1.54) is 5.56 Å². The highest BCUT2D eigenvalue weighted by Crippen LogP contribution is 2.38. The Morgan fingerprint density at radius 1 is 1.00 bits per heavy atom. The summed E-state index contributed by atoms with van der Waals surface area (Å²) in [6.07, 6.45) is 0. The molecule has 1 aromatic heterocycles. The van der Waals surface area contributed by atoms with E-state index in [0.717, 1.165) is 21.7 Å². The van der Waals surface area contributed by atoms with Crippen molar-refractivity contribution in [1.29, 1.82) is 0 Å². The first-order chi connectivity index (χ1) is 11.0. The van der Waals surface area contributed by atoms with Gasteiger partial charge < -0.3 is 0 Å². The Kier molecular flexibility index (Phi) is 4.35. The lowest BCUT2D eigenvalue weighted by Crippen LogP contribution is -2.31. The fraction of sp³-hybridized carbons (Fsp3) is 0.263. The summed E-state index contributed by atoms with van der Waals surface area (Å²) in [6.45, 7) is 6.65. The molecule has 0 fully saturated rings. The van der Waals surface area contributed by atoms with Crippen molar-refractivity contribution in [3.63, 3.8) is 0 Å². The third-order valence-corrected chi connectivity index (χ3v) is 5.14. The summed E-state index contributed by atoms with van der Waals surface area (Å²) >= 11 is 3.50. The molecule has 4 heteroatoms. The number of benzene rings is 2. The van der Waals surface area contributed by atoms with E-state index in [1.54, 1.807) is 0 Å². The van der Waals surface area contributed by atoms with Gasteiger partial charge in [-0.2, -0.15) is 5.10 Å². The Balaban J connectivity index is 2.06. The maximum Gasteiger partial charge on any atom is 0.181 e. The maximum absolute atomic E-state index is 4.79. The van der Waals surface area contributed by atoms with E-state index in [1.807, 2.05) is 30.3 Å². The number of H-pyrrole nitrogens is 1. The lowest BCUT2D eigenvalue weighted by atomic mass is 9.73. The smallest absolute Gasteiger partial charge is 0.181 e.